The van der Waals surface area contributed by atoms with Gasteiger partial charge in [-0.3, -0.25) is 0 Å². The van der Waals surface area contributed by atoms with Gasteiger partial charge >= 0.3 is 5.97 Å². The summed E-state index contributed by atoms with van der Waals surface area (Å²) in [4.78, 5) is 26.5. The van der Waals surface area contributed by atoms with E-state index in [2.05, 4.69) is 25.0 Å². The fourth-order valence-corrected chi connectivity index (χ4v) is 4.44. The summed E-state index contributed by atoms with van der Waals surface area (Å²) in [5.74, 6) is -0.360. The highest BCUT2D eigenvalue weighted by atomic mass is 19.1. The molecule has 1 aliphatic heterocycles. The Balaban J connectivity index is 1.47. The van der Waals surface area contributed by atoms with Crippen molar-refractivity contribution in [2.45, 2.75) is 38.5 Å². The molecule has 4 aromatic rings. The lowest BCUT2D eigenvalue weighted by Gasteiger charge is -2.32. The minimum atomic E-state index is -1.24. The average Bonchev–Trinajstić information content (AvgIpc) is 3.34. The number of hydrogen-bond acceptors (Lipinski definition) is 7. The first kappa shape index (κ1) is 22.8. The molecule has 1 fully saturated rings. The summed E-state index contributed by atoms with van der Waals surface area (Å²) in [6.45, 7) is 5.30. The lowest BCUT2D eigenvalue weighted by Crippen LogP contribution is -2.34. The quantitative estimate of drug-likeness (QED) is 0.418. The van der Waals surface area contributed by atoms with Crippen LogP contribution in [0.1, 0.15) is 60.6 Å². The number of nitrogens with zero attached hydrogens (tertiary/aromatic N) is 5. The minimum absolute atomic E-state index is 0.0703. The molecular weight excluding hydrogens is 456 g/mol. The van der Waals surface area contributed by atoms with Gasteiger partial charge in [-0.05, 0) is 37.1 Å². The molecule has 2 aromatic heterocycles. The van der Waals surface area contributed by atoms with E-state index in [4.69, 9.17) is 9.63 Å². The monoisotopic (exact) mass is 479 g/mol. The molecule has 0 unspecified atom stereocenters. The van der Waals surface area contributed by atoms with Crippen LogP contribution in [-0.4, -0.2) is 44.3 Å². The third-order valence-electron chi connectivity index (χ3n) is 6.30. The smallest absolute Gasteiger partial charge is 0.335 e. The van der Waals surface area contributed by atoms with Gasteiger partial charge in [-0.1, -0.05) is 25.1 Å². The van der Waals surface area contributed by atoms with Crippen LogP contribution >= 0.6 is 0 Å². The van der Waals surface area contributed by atoms with Crippen molar-refractivity contribution in [3.8, 4) is 11.1 Å². The number of piperidine rings is 1. The van der Waals surface area contributed by atoms with Gasteiger partial charge in [-0.25, -0.2) is 23.5 Å². The molecule has 3 heterocycles. The van der Waals surface area contributed by atoms with E-state index >= 15 is 0 Å². The van der Waals surface area contributed by atoms with Gasteiger partial charge in [0, 0.05) is 41.4 Å². The molecule has 35 heavy (non-hydrogen) atoms. The number of benzene rings is 2. The highest BCUT2D eigenvalue weighted by Gasteiger charge is 2.27. The summed E-state index contributed by atoms with van der Waals surface area (Å²) in [7, 11) is 0. The van der Waals surface area contributed by atoms with E-state index in [1.807, 2.05) is 13.8 Å². The predicted molar refractivity (Wildman–Crippen MR) is 124 cm³/mol. The van der Waals surface area contributed by atoms with Gasteiger partial charge in [0.2, 0.25) is 5.89 Å². The normalized spacial score (nSPS) is 14.7. The van der Waals surface area contributed by atoms with Crippen LogP contribution in [0.3, 0.4) is 0 Å². The topological polar surface area (TPSA) is 105 Å². The number of halogens is 2. The second-order valence-electron chi connectivity index (χ2n) is 8.95. The molecule has 0 bridgehead atoms. The Labute approximate surface area is 199 Å². The number of carboxylic acid groups (broad SMARTS) is 1. The number of carboxylic acids is 1. The number of aromatic nitrogens is 4. The van der Waals surface area contributed by atoms with Crippen LogP contribution in [0, 0.1) is 11.6 Å². The van der Waals surface area contributed by atoms with E-state index in [0.29, 0.717) is 41.5 Å². The molecule has 1 N–H and O–H groups in total. The van der Waals surface area contributed by atoms with Gasteiger partial charge in [-0.2, -0.15) is 4.98 Å². The predicted octanol–water partition coefficient (Wildman–Crippen LogP) is 5.16. The maximum Gasteiger partial charge on any atom is 0.335 e. The third kappa shape index (κ3) is 4.31. The van der Waals surface area contributed by atoms with Crippen molar-refractivity contribution in [1.82, 2.24) is 20.1 Å². The van der Waals surface area contributed by atoms with Crippen molar-refractivity contribution >= 4 is 22.7 Å². The number of anilines is 1. The summed E-state index contributed by atoms with van der Waals surface area (Å²) in [6, 6.07) is 6.08. The SMILES string of the molecule is CC(C)c1nc(C2CCN(c3ncnc4c(-c5ccc(C(=O)O)cc5F)cc(F)cc34)CC2)no1. The number of aromatic carboxylic acids is 1. The summed E-state index contributed by atoms with van der Waals surface area (Å²) < 4.78 is 34.9. The van der Waals surface area contributed by atoms with Gasteiger partial charge in [-0.15, -0.1) is 0 Å². The van der Waals surface area contributed by atoms with Crippen LogP contribution in [0.5, 0.6) is 0 Å². The van der Waals surface area contributed by atoms with Crippen LogP contribution in [0.25, 0.3) is 22.0 Å². The maximum atomic E-state index is 14.8. The largest absolute Gasteiger partial charge is 0.478 e. The molecule has 1 saturated heterocycles. The van der Waals surface area contributed by atoms with E-state index < -0.39 is 17.6 Å². The molecule has 0 amide bonds. The molecule has 2 aromatic carbocycles. The molecule has 0 atom stereocenters. The first-order chi connectivity index (χ1) is 16.8. The maximum absolute atomic E-state index is 14.8. The van der Waals surface area contributed by atoms with Crippen LogP contribution < -0.4 is 4.90 Å². The molecule has 0 radical (unpaired) electrons. The van der Waals surface area contributed by atoms with Gasteiger partial charge in [0.05, 0.1) is 11.1 Å². The van der Waals surface area contributed by atoms with E-state index in [0.717, 1.165) is 18.9 Å². The molecule has 0 saturated carbocycles. The standard InChI is InChI=1S/C25H23F2N5O3/c1-13(2)24-30-22(31-35-24)14-5-7-32(8-6-14)23-19-11-16(26)10-18(21(19)28-12-29-23)17-4-3-15(25(33)34)9-20(17)27/h3-4,9-14H,5-8H2,1-2H3,(H,33,34). The van der Waals surface area contributed by atoms with Crippen LogP contribution in [0.15, 0.2) is 41.2 Å². The van der Waals surface area contributed by atoms with E-state index in [1.165, 1.54) is 30.6 Å². The van der Waals surface area contributed by atoms with E-state index in [1.54, 1.807) is 0 Å². The third-order valence-corrected chi connectivity index (χ3v) is 6.30. The highest BCUT2D eigenvalue weighted by Crippen LogP contribution is 2.36. The Kier molecular flexibility index (Phi) is 5.88. The van der Waals surface area contributed by atoms with Crippen molar-refractivity contribution in [1.29, 1.82) is 0 Å². The van der Waals surface area contributed by atoms with Crippen molar-refractivity contribution < 1.29 is 23.2 Å². The highest BCUT2D eigenvalue weighted by molar-refractivity contribution is 6.00. The van der Waals surface area contributed by atoms with Crippen molar-refractivity contribution in [2.24, 2.45) is 0 Å². The van der Waals surface area contributed by atoms with Gasteiger partial charge in [0.15, 0.2) is 5.82 Å². The molecule has 0 aliphatic carbocycles. The van der Waals surface area contributed by atoms with Crippen LogP contribution in [0.2, 0.25) is 0 Å². The van der Waals surface area contributed by atoms with E-state index in [9.17, 15) is 13.6 Å². The molecule has 1 aliphatic rings. The Morgan fingerprint density at radius 3 is 2.54 bits per heavy atom. The molecular formula is C25H23F2N5O3. The Bertz CT molecular complexity index is 1410. The lowest BCUT2D eigenvalue weighted by molar-refractivity contribution is 0.0696. The zero-order valence-corrected chi connectivity index (χ0v) is 19.2. The zero-order chi connectivity index (χ0) is 24.7. The minimum Gasteiger partial charge on any atom is -0.478 e. The lowest BCUT2D eigenvalue weighted by atomic mass is 9.95. The van der Waals surface area contributed by atoms with Gasteiger partial charge in [0.25, 0.3) is 0 Å². The second-order valence-corrected chi connectivity index (χ2v) is 8.95. The van der Waals surface area contributed by atoms with Crippen molar-refractivity contribution in [2.75, 3.05) is 18.0 Å². The fraction of sp³-hybridized carbons (Fsp3) is 0.320. The summed E-state index contributed by atoms with van der Waals surface area (Å²) in [6.07, 6.45) is 2.93. The molecule has 180 valence electrons. The van der Waals surface area contributed by atoms with Crippen LogP contribution in [0.4, 0.5) is 14.6 Å². The number of rotatable bonds is 5. The first-order valence-corrected chi connectivity index (χ1v) is 11.4. The Morgan fingerprint density at radius 2 is 1.89 bits per heavy atom. The van der Waals surface area contributed by atoms with Gasteiger partial charge in [0.1, 0.15) is 23.8 Å². The van der Waals surface area contributed by atoms with E-state index in [-0.39, 0.29) is 28.5 Å². The second kappa shape index (κ2) is 9.01. The average molecular weight is 479 g/mol. The van der Waals surface area contributed by atoms with Crippen molar-refractivity contribution in [3.63, 3.8) is 0 Å². The fourth-order valence-electron chi connectivity index (χ4n) is 4.44. The summed E-state index contributed by atoms with van der Waals surface area (Å²) >= 11 is 0. The van der Waals surface area contributed by atoms with Crippen molar-refractivity contribution in [3.05, 3.63) is 65.6 Å². The summed E-state index contributed by atoms with van der Waals surface area (Å²) in [5.41, 5.74) is 0.509. The summed E-state index contributed by atoms with van der Waals surface area (Å²) in [5, 5.41) is 13.7. The molecule has 5 rings (SSSR count). The number of carbonyl (C=O) groups is 1. The Hall–Kier alpha value is -3.95. The molecule has 8 nitrogen and oxygen atoms in total. The molecule has 0 spiro atoms. The molecule has 10 heteroatoms. The number of hydrogen-bond donors (Lipinski definition) is 1. The number of fused-ring (bicyclic) bond motifs is 1. The Morgan fingerprint density at radius 1 is 1.11 bits per heavy atom. The van der Waals surface area contributed by atoms with Crippen LogP contribution in [-0.2, 0) is 0 Å². The zero-order valence-electron chi connectivity index (χ0n) is 19.2. The first-order valence-electron chi connectivity index (χ1n) is 11.4. The van der Waals surface area contributed by atoms with Gasteiger partial charge < -0.3 is 14.5 Å².